The van der Waals surface area contributed by atoms with Crippen molar-refractivity contribution < 1.29 is 19.4 Å². The molecule has 4 nitrogen and oxygen atoms in total. The second-order valence-electron chi connectivity index (χ2n) is 2.15. The van der Waals surface area contributed by atoms with E-state index < -0.39 is 10.7 Å². The average molecular weight is 148 g/mol. The molecule has 0 aliphatic heterocycles. The largest absolute Gasteiger partial charge is 0.549 e. The SMILES string of the molecule is CCOC(=O)[N+](C)(O)CC. The van der Waals surface area contributed by atoms with Gasteiger partial charge in [0.05, 0.1) is 6.61 Å². The van der Waals surface area contributed by atoms with Gasteiger partial charge in [0.2, 0.25) is 0 Å². The van der Waals surface area contributed by atoms with E-state index in [0.717, 1.165) is 0 Å². The van der Waals surface area contributed by atoms with Crippen LogP contribution in [0.25, 0.3) is 0 Å². The maximum Gasteiger partial charge on any atom is 0.549 e. The van der Waals surface area contributed by atoms with Crippen molar-refractivity contribution in [2.45, 2.75) is 13.8 Å². The quantitative estimate of drug-likeness (QED) is 0.361. The Balaban J connectivity index is 3.91. The molecule has 1 unspecified atom stereocenters. The molecule has 0 aromatic rings. The summed E-state index contributed by atoms with van der Waals surface area (Å²) in [6, 6.07) is 0. The van der Waals surface area contributed by atoms with Crippen LogP contribution in [-0.2, 0) is 4.74 Å². The number of carbonyl (C=O) groups excluding carboxylic acids is 1. The molecule has 1 amide bonds. The Labute approximate surface area is 60.6 Å². The fourth-order valence-electron chi connectivity index (χ4n) is 0.392. The van der Waals surface area contributed by atoms with E-state index in [1.165, 1.54) is 7.05 Å². The number of hydroxylamine groups is 3. The van der Waals surface area contributed by atoms with E-state index in [2.05, 4.69) is 4.74 Å². The number of hydrogen-bond acceptors (Lipinski definition) is 3. The van der Waals surface area contributed by atoms with Crippen molar-refractivity contribution in [3.05, 3.63) is 0 Å². The molecular formula is C6H14NO3+. The van der Waals surface area contributed by atoms with Crippen LogP contribution in [0.5, 0.6) is 0 Å². The van der Waals surface area contributed by atoms with Gasteiger partial charge in [-0.25, -0.2) is 5.21 Å². The van der Waals surface area contributed by atoms with Gasteiger partial charge in [0, 0.05) is 0 Å². The number of ether oxygens (including phenoxy) is 1. The van der Waals surface area contributed by atoms with Crippen LogP contribution >= 0.6 is 0 Å². The Hall–Kier alpha value is -0.610. The predicted molar refractivity (Wildman–Crippen MR) is 35.5 cm³/mol. The number of hydrogen-bond donors (Lipinski definition) is 1. The van der Waals surface area contributed by atoms with E-state index in [0.29, 0.717) is 13.2 Å². The first-order valence-electron chi connectivity index (χ1n) is 3.30. The van der Waals surface area contributed by atoms with Crippen LogP contribution in [0.4, 0.5) is 4.79 Å². The Morgan fingerprint density at radius 1 is 1.60 bits per heavy atom. The molecule has 0 heterocycles. The van der Waals surface area contributed by atoms with Gasteiger partial charge in [0.25, 0.3) is 0 Å². The second kappa shape index (κ2) is 3.53. The molecule has 0 aliphatic rings. The summed E-state index contributed by atoms with van der Waals surface area (Å²) in [5, 5.41) is 9.19. The first kappa shape index (κ1) is 9.39. The van der Waals surface area contributed by atoms with Gasteiger partial charge in [-0.05, 0) is 13.8 Å². The molecule has 0 spiro atoms. The van der Waals surface area contributed by atoms with Gasteiger partial charge in [0.1, 0.15) is 13.6 Å². The standard InChI is InChI=1S/C6H14NO3/c1-4-7(3,9)6(8)10-5-2/h9H,4-5H2,1-3H3/q+1. The van der Waals surface area contributed by atoms with Crippen LogP contribution in [-0.4, -0.2) is 36.1 Å². The van der Waals surface area contributed by atoms with Gasteiger partial charge in [-0.3, -0.25) is 0 Å². The summed E-state index contributed by atoms with van der Waals surface area (Å²) >= 11 is 0. The van der Waals surface area contributed by atoms with Crippen LogP contribution in [0.3, 0.4) is 0 Å². The van der Waals surface area contributed by atoms with E-state index in [9.17, 15) is 10.0 Å². The highest BCUT2D eigenvalue weighted by Crippen LogP contribution is 1.99. The van der Waals surface area contributed by atoms with Crippen LogP contribution in [0.2, 0.25) is 0 Å². The van der Waals surface area contributed by atoms with E-state index in [4.69, 9.17) is 0 Å². The van der Waals surface area contributed by atoms with Gasteiger partial charge in [0.15, 0.2) is 0 Å². The number of nitrogens with zero attached hydrogens (tertiary/aromatic N) is 1. The van der Waals surface area contributed by atoms with Gasteiger partial charge in [-0.15, -0.1) is 0 Å². The maximum atomic E-state index is 10.8. The fraction of sp³-hybridized carbons (Fsp3) is 0.833. The molecule has 0 aromatic heterocycles. The Morgan fingerprint density at radius 2 is 2.10 bits per heavy atom. The minimum atomic E-state index is -0.701. The van der Waals surface area contributed by atoms with Crippen molar-refractivity contribution in [2.75, 3.05) is 20.2 Å². The number of quaternary nitrogens is 1. The van der Waals surface area contributed by atoms with E-state index >= 15 is 0 Å². The molecular weight excluding hydrogens is 134 g/mol. The van der Waals surface area contributed by atoms with Gasteiger partial charge in [-0.1, -0.05) is 4.65 Å². The lowest BCUT2D eigenvalue weighted by Gasteiger charge is -2.18. The van der Waals surface area contributed by atoms with Gasteiger partial charge >= 0.3 is 6.09 Å². The Bertz CT molecular complexity index is 122. The molecule has 0 saturated carbocycles. The zero-order chi connectivity index (χ0) is 8.20. The summed E-state index contributed by atoms with van der Waals surface area (Å²) in [6.07, 6.45) is -0.606. The summed E-state index contributed by atoms with van der Waals surface area (Å²) in [5.41, 5.74) is 0. The summed E-state index contributed by atoms with van der Waals surface area (Å²) in [7, 11) is 1.39. The monoisotopic (exact) mass is 148 g/mol. The lowest BCUT2D eigenvalue weighted by atomic mass is 10.6. The molecule has 60 valence electrons. The molecule has 0 aliphatic carbocycles. The van der Waals surface area contributed by atoms with Crippen molar-refractivity contribution in [1.29, 1.82) is 0 Å². The third kappa shape index (κ3) is 2.33. The topological polar surface area (TPSA) is 46.5 Å². The van der Waals surface area contributed by atoms with Crippen LogP contribution < -0.4 is 0 Å². The minimum Gasteiger partial charge on any atom is -0.418 e. The third-order valence-corrected chi connectivity index (χ3v) is 1.28. The van der Waals surface area contributed by atoms with Crippen molar-refractivity contribution in [3.63, 3.8) is 0 Å². The molecule has 0 radical (unpaired) electrons. The molecule has 0 rings (SSSR count). The summed E-state index contributed by atoms with van der Waals surface area (Å²) < 4.78 is 3.88. The van der Waals surface area contributed by atoms with Crippen molar-refractivity contribution in [2.24, 2.45) is 0 Å². The summed E-state index contributed by atoms with van der Waals surface area (Å²) in [5.74, 6) is 0. The number of rotatable bonds is 2. The van der Waals surface area contributed by atoms with Crippen LogP contribution in [0.15, 0.2) is 0 Å². The molecule has 1 atom stereocenters. The van der Waals surface area contributed by atoms with E-state index in [1.807, 2.05) is 0 Å². The van der Waals surface area contributed by atoms with E-state index in [-0.39, 0.29) is 0 Å². The summed E-state index contributed by atoms with van der Waals surface area (Å²) in [4.78, 5) is 10.8. The molecule has 0 saturated heterocycles. The Morgan fingerprint density at radius 3 is 2.40 bits per heavy atom. The third-order valence-electron chi connectivity index (χ3n) is 1.28. The van der Waals surface area contributed by atoms with Crippen LogP contribution in [0.1, 0.15) is 13.8 Å². The van der Waals surface area contributed by atoms with Crippen molar-refractivity contribution in [3.8, 4) is 0 Å². The summed E-state index contributed by atoms with van der Waals surface area (Å²) in [6.45, 7) is 4.02. The normalized spacial score (nSPS) is 16.0. The minimum absolute atomic E-state index is 0.299. The first-order chi connectivity index (χ1) is 4.54. The van der Waals surface area contributed by atoms with E-state index in [1.54, 1.807) is 13.8 Å². The lowest BCUT2D eigenvalue weighted by molar-refractivity contribution is -1.03. The zero-order valence-corrected chi connectivity index (χ0v) is 6.63. The van der Waals surface area contributed by atoms with Crippen LogP contribution in [0, 0.1) is 0 Å². The zero-order valence-electron chi connectivity index (χ0n) is 6.63. The second-order valence-corrected chi connectivity index (χ2v) is 2.15. The molecule has 0 fully saturated rings. The molecule has 4 heteroatoms. The first-order valence-corrected chi connectivity index (χ1v) is 3.30. The molecule has 1 N–H and O–H groups in total. The number of amides is 1. The van der Waals surface area contributed by atoms with Gasteiger partial charge in [-0.2, -0.15) is 4.79 Å². The molecule has 0 aromatic carbocycles. The smallest absolute Gasteiger partial charge is 0.418 e. The lowest BCUT2D eigenvalue weighted by Crippen LogP contribution is -2.46. The predicted octanol–water partition coefficient (Wildman–Crippen LogP) is 0.999. The average Bonchev–Trinajstić information content (AvgIpc) is 1.89. The Kier molecular flexibility index (Phi) is 3.32. The maximum absolute atomic E-state index is 10.8. The highest BCUT2D eigenvalue weighted by atomic mass is 16.7. The fourth-order valence-corrected chi connectivity index (χ4v) is 0.392. The number of carbonyl (C=O) groups is 1. The highest BCUT2D eigenvalue weighted by molar-refractivity contribution is 5.58. The highest BCUT2D eigenvalue weighted by Gasteiger charge is 2.29. The van der Waals surface area contributed by atoms with Crippen molar-refractivity contribution >= 4 is 6.09 Å². The molecule has 0 bridgehead atoms. The van der Waals surface area contributed by atoms with Gasteiger partial charge < -0.3 is 4.74 Å². The molecule has 10 heavy (non-hydrogen) atoms. The van der Waals surface area contributed by atoms with Crippen molar-refractivity contribution in [1.82, 2.24) is 0 Å².